The minimum Gasteiger partial charge on any atom is -0.449 e. The zero-order valence-electron chi connectivity index (χ0n) is 13.1. The molecule has 4 nitrogen and oxygen atoms in total. The summed E-state index contributed by atoms with van der Waals surface area (Å²) in [6, 6.07) is 4.02. The maximum atomic E-state index is 12.1. The van der Waals surface area contributed by atoms with Crippen molar-refractivity contribution in [3.63, 3.8) is 0 Å². The van der Waals surface area contributed by atoms with Crippen molar-refractivity contribution in [1.82, 2.24) is 5.32 Å². The fourth-order valence-electron chi connectivity index (χ4n) is 2.63. The lowest BCUT2D eigenvalue weighted by atomic mass is 9.86. The summed E-state index contributed by atoms with van der Waals surface area (Å²) in [6.07, 6.45) is 6.81. The molecule has 120 valence electrons. The summed E-state index contributed by atoms with van der Waals surface area (Å²) in [5, 5.41) is 4.94. The molecule has 1 heterocycles. The van der Waals surface area contributed by atoms with Crippen LogP contribution in [0.2, 0.25) is 0 Å². The largest absolute Gasteiger partial charge is 0.449 e. The number of rotatable bonds is 5. The summed E-state index contributed by atoms with van der Waals surface area (Å²) in [7, 11) is 0. The fourth-order valence-corrected chi connectivity index (χ4v) is 3.25. The lowest BCUT2D eigenvalue weighted by Gasteiger charge is -2.30. The molecule has 5 heteroatoms. The number of nitrogens with one attached hydrogen (secondary N) is 1. The van der Waals surface area contributed by atoms with E-state index >= 15 is 0 Å². The Kier molecular flexibility index (Phi) is 6.19. The highest BCUT2D eigenvalue weighted by atomic mass is 32.1. The second-order valence-electron chi connectivity index (χ2n) is 5.80. The van der Waals surface area contributed by atoms with E-state index < -0.39 is 12.1 Å². The Bertz CT molecular complexity index is 524. The molecule has 0 unspecified atom stereocenters. The lowest BCUT2D eigenvalue weighted by Crippen LogP contribution is -2.45. The van der Waals surface area contributed by atoms with Gasteiger partial charge in [0.15, 0.2) is 6.10 Å². The highest BCUT2D eigenvalue weighted by Crippen LogP contribution is 2.23. The number of carbonyl (C=O) groups is 2. The van der Waals surface area contributed by atoms with E-state index in [9.17, 15) is 9.59 Å². The number of carbonyl (C=O) groups excluding carboxylic acids is 2. The first-order chi connectivity index (χ1) is 10.6. The van der Waals surface area contributed by atoms with Crippen molar-refractivity contribution < 1.29 is 14.3 Å². The maximum Gasteiger partial charge on any atom is 0.331 e. The summed E-state index contributed by atoms with van der Waals surface area (Å²) in [4.78, 5) is 24.8. The van der Waals surface area contributed by atoms with Crippen LogP contribution in [-0.4, -0.2) is 24.0 Å². The van der Waals surface area contributed by atoms with E-state index in [-0.39, 0.29) is 11.9 Å². The van der Waals surface area contributed by atoms with Crippen LogP contribution in [0.3, 0.4) is 0 Å². The molecule has 1 N–H and O–H groups in total. The van der Waals surface area contributed by atoms with Gasteiger partial charge in [-0.3, -0.25) is 4.79 Å². The molecule has 2 rings (SSSR count). The van der Waals surface area contributed by atoms with E-state index in [1.54, 1.807) is 13.0 Å². The summed E-state index contributed by atoms with van der Waals surface area (Å²) in [6.45, 7) is 3.77. The van der Waals surface area contributed by atoms with Crippen LogP contribution >= 0.6 is 11.3 Å². The minimum absolute atomic E-state index is 0.198. The average molecular weight is 321 g/mol. The van der Waals surface area contributed by atoms with Crippen LogP contribution in [0, 0.1) is 5.92 Å². The van der Waals surface area contributed by atoms with Crippen molar-refractivity contribution in [1.29, 1.82) is 0 Å². The van der Waals surface area contributed by atoms with Gasteiger partial charge in [-0.2, -0.15) is 0 Å². The van der Waals surface area contributed by atoms with E-state index in [0.717, 1.165) is 24.1 Å². The molecule has 0 aromatic carbocycles. The van der Waals surface area contributed by atoms with E-state index in [1.165, 1.54) is 23.8 Å². The van der Waals surface area contributed by atoms with Crippen molar-refractivity contribution in [2.75, 3.05) is 0 Å². The number of ether oxygens (including phenoxy) is 1. The van der Waals surface area contributed by atoms with Gasteiger partial charge in [-0.15, -0.1) is 11.3 Å². The number of hydrogen-bond acceptors (Lipinski definition) is 4. The monoisotopic (exact) mass is 321 g/mol. The molecule has 0 saturated heterocycles. The molecule has 0 bridgehead atoms. The van der Waals surface area contributed by atoms with Gasteiger partial charge in [0.1, 0.15) is 0 Å². The van der Waals surface area contributed by atoms with Crippen LogP contribution in [0.1, 0.15) is 44.4 Å². The van der Waals surface area contributed by atoms with Gasteiger partial charge in [-0.1, -0.05) is 25.8 Å². The van der Waals surface area contributed by atoms with Gasteiger partial charge in [0, 0.05) is 17.0 Å². The van der Waals surface area contributed by atoms with Gasteiger partial charge in [0.05, 0.1) is 0 Å². The minimum atomic E-state index is -0.769. The fraction of sp³-hybridized carbons (Fsp3) is 0.529. The number of amides is 1. The molecule has 1 aliphatic carbocycles. The first-order valence-corrected chi connectivity index (χ1v) is 8.67. The Labute approximate surface area is 135 Å². The molecular weight excluding hydrogens is 298 g/mol. The molecule has 1 amide bonds. The molecule has 1 fully saturated rings. The molecule has 0 aliphatic heterocycles. The maximum absolute atomic E-state index is 12.1. The number of esters is 1. The first kappa shape index (κ1) is 16.7. The van der Waals surface area contributed by atoms with Crippen molar-refractivity contribution >= 4 is 29.3 Å². The third-order valence-electron chi connectivity index (χ3n) is 4.03. The van der Waals surface area contributed by atoms with Gasteiger partial charge in [0.25, 0.3) is 5.91 Å². The third-order valence-corrected chi connectivity index (χ3v) is 4.87. The second kappa shape index (κ2) is 8.13. The predicted molar refractivity (Wildman–Crippen MR) is 88.5 cm³/mol. The van der Waals surface area contributed by atoms with Crippen molar-refractivity contribution in [2.45, 2.75) is 51.7 Å². The molecule has 1 aromatic heterocycles. The molecule has 3 atom stereocenters. The second-order valence-corrected chi connectivity index (χ2v) is 6.78. The first-order valence-electron chi connectivity index (χ1n) is 7.79. The zero-order chi connectivity index (χ0) is 15.9. The molecule has 0 radical (unpaired) electrons. The van der Waals surface area contributed by atoms with Crippen molar-refractivity contribution in [3.8, 4) is 0 Å². The van der Waals surface area contributed by atoms with E-state index in [2.05, 4.69) is 12.2 Å². The smallest absolute Gasteiger partial charge is 0.331 e. The van der Waals surface area contributed by atoms with Crippen LogP contribution in [-0.2, 0) is 14.3 Å². The summed E-state index contributed by atoms with van der Waals surface area (Å²) in [5.74, 6) is -0.219. The summed E-state index contributed by atoms with van der Waals surface area (Å²) < 4.78 is 5.15. The normalized spacial score (nSPS) is 23.2. The van der Waals surface area contributed by atoms with Crippen LogP contribution in [0.4, 0.5) is 0 Å². The number of hydrogen-bond donors (Lipinski definition) is 1. The zero-order valence-corrected chi connectivity index (χ0v) is 13.9. The molecule has 0 spiro atoms. The van der Waals surface area contributed by atoms with E-state index in [1.807, 2.05) is 17.5 Å². The van der Waals surface area contributed by atoms with Gasteiger partial charge < -0.3 is 10.1 Å². The summed E-state index contributed by atoms with van der Waals surface area (Å²) >= 11 is 1.54. The Morgan fingerprint density at radius 1 is 1.41 bits per heavy atom. The molecule has 1 aromatic rings. The van der Waals surface area contributed by atoms with Crippen molar-refractivity contribution in [2.24, 2.45) is 5.92 Å². The Hall–Kier alpha value is -1.62. The average Bonchev–Trinajstić information content (AvgIpc) is 3.00. The summed E-state index contributed by atoms with van der Waals surface area (Å²) in [5.41, 5.74) is 0. The van der Waals surface area contributed by atoms with Gasteiger partial charge in [-0.05, 0) is 43.2 Å². The van der Waals surface area contributed by atoms with Crippen LogP contribution in [0.5, 0.6) is 0 Å². The predicted octanol–water partition coefficient (Wildman–Crippen LogP) is 3.39. The Balaban J connectivity index is 1.79. The molecular formula is C17H23NO3S. The quantitative estimate of drug-likeness (QED) is 0.668. The highest BCUT2D eigenvalue weighted by molar-refractivity contribution is 7.10. The molecule has 22 heavy (non-hydrogen) atoms. The van der Waals surface area contributed by atoms with Gasteiger partial charge in [-0.25, -0.2) is 4.79 Å². The van der Waals surface area contributed by atoms with Gasteiger partial charge >= 0.3 is 5.97 Å². The topological polar surface area (TPSA) is 55.4 Å². The SMILES string of the molecule is C[C@H](OC(=O)/C=C/c1cccs1)C(=O)N[C@@H]1CCCC[C@@H]1C. The lowest BCUT2D eigenvalue weighted by molar-refractivity contribution is -0.150. The Morgan fingerprint density at radius 2 is 2.18 bits per heavy atom. The van der Waals surface area contributed by atoms with E-state index in [4.69, 9.17) is 4.74 Å². The van der Waals surface area contributed by atoms with Crippen LogP contribution < -0.4 is 5.32 Å². The highest BCUT2D eigenvalue weighted by Gasteiger charge is 2.25. The molecule has 1 saturated carbocycles. The number of thiophene rings is 1. The third kappa shape index (κ3) is 4.98. The van der Waals surface area contributed by atoms with Crippen LogP contribution in [0.25, 0.3) is 6.08 Å². The standard InChI is InChI=1S/C17H23NO3S/c1-12-6-3-4-8-15(12)18-17(20)13(2)21-16(19)10-9-14-7-5-11-22-14/h5,7,9-13,15H,3-4,6,8H2,1-2H3,(H,18,20)/b10-9+/t12-,13-,15+/m0/s1. The van der Waals surface area contributed by atoms with E-state index in [0.29, 0.717) is 5.92 Å². The van der Waals surface area contributed by atoms with Crippen LogP contribution in [0.15, 0.2) is 23.6 Å². The van der Waals surface area contributed by atoms with Crippen molar-refractivity contribution in [3.05, 3.63) is 28.5 Å². The Morgan fingerprint density at radius 3 is 2.86 bits per heavy atom. The molecule has 1 aliphatic rings. The van der Waals surface area contributed by atoms with Gasteiger partial charge in [0.2, 0.25) is 0 Å².